The number of anilines is 1. The number of carbonyl (C=O) groups excluding carboxylic acids is 4. The summed E-state index contributed by atoms with van der Waals surface area (Å²) in [5, 5.41) is 15.4. The van der Waals surface area contributed by atoms with Gasteiger partial charge in [-0.05, 0) is 73.1 Å². The quantitative estimate of drug-likeness (QED) is 0.228. The van der Waals surface area contributed by atoms with E-state index in [1.54, 1.807) is 52.5 Å². The summed E-state index contributed by atoms with van der Waals surface area (Å²) in [5.41, 5.74) is 2.01. The molecule has 1 aromatic heterocycles. The number of nitrogens with one attached hydrogen (secondary N) is 2. The lowest BCUT2D eigenvalue weighted by molar-refractivity contribution is -0.137. The summed E-state index contributed by atoms with van der Waals surface area (Å²) in [5.74, 6) is -2.24. The van der Waals surface area contributed by atoms with Gasteiger partial charge in [-0.1, -0.05) is 61.4 Å². The number of hydrogen-bond acceptors (Lipinski definition) is 6. The zero-order valence-corrected chi connectivity index (χ0v) is 27.9. The van der Waals surface area contributed by atoms with Gasteiger partial charge in [0.1, 0.15) is 17.9 Å². The number of benzene rings is 2. The Morgan fingerprint density at radius 3 is 2.27 bits per heavy atom. The van der Waals surface area contributed by atoms with E-state index < -0.39 is 23.6 Å². The van der Waals surface area contributed by atoms with Crippen molar-refractivity contribution in [3.05, 3.63) is 102 Å². The number of aliphatic carboxylic acids is 1. The Bertz CT molecular complexity index is 1690. The van der Waals surface area contributed by atoms with E-state index in [-0.39, 0.29) is 29.3 Å². The first kappa shape index (κ1) is 35.0. The number of nitrogens with zero attached hydrogens (tertiary/aromatic N) is 3. The normalized spacial score (nSPS) is 18.7. The molecule has 2 atom stereocenters. The molecular weight excluding hydrogens is 622 g/mol. The molecule has 1 aliphatic carbocycles. The smallest absolute Gasteiger partial charge is 0.352 e. The highest BCUT2D eigenvalue weighted by molar-refractivity contribution is 6.03. The van der Waals surface area contributed by atoms with Gasteiger partial charge in [0.2, 0.25) is 17.7 Å². The first-order valence-corrected chi connectivity index (χ1v) is 16.7. The third-order valence-electron chi connectivity index (χ3n) is 9.51. The minimum Gasteiger partial charge on any atom is -0.477 e. The number of aromatic nitrogens is 1. The largest absolute Gasteiger partial charge is 0.477 e. The van der Waals surface area contributed by atoms with Crippen LogP contribution in [0.5, 0.6) is 0 Å². The Kier molecular flexibility index (Phi) is 11.2. The van der Waals surface area contributed by atoms with E-state index in [0.29, 0.717) is 56.3 Å². The molecule has 1 aliphatic heterocycles. The van der Waals surface area contributed by atoms with E-state index in [1.165, 1.54) is 19.9 Å². The van der Waals surface area contributed by atoms with Crippen LogP contribution in [-0.2, 0) is 36.8 Å². The summed E-state index contributed by atoms with van der Waals surface area (Å²) >= 11 is 0. The average Bonchev–Trinajstić information content (AvgIpc) is 3.67. The van der Waals surface area contributed by atoms with Gasteiger partial charge in [-0.25, -0.2) is 4.79 Å². The van der Waals surface area contributed by atoms with Crippen molar-refractivity contribution < 1.29 is 29.1 Å². The lowest BCUT2D eigenvalue weighted by atomic mass is 9.81. The molecule has 2 unspecified atom stereocenters. The number of amides is 4. The Morgan fingerprint density at radius 2 is 1.65 bits per heavy atom. The Labute approximate surface area is 286 Å². The minimum absolute atomic E-state index is 0.181. The summed E-state index contributed by atoms with van der Waals surface area (Å²) in [7, 11) is 0. The molecule has 49 heavy (non-hydrogen) atoms. The topological polar surface area (TPSA) is 149 Å². The van der Waals surface area contributed by atoms with Crippen molar-refractivity contribution >= 4 is 41.4 Å². The predicted octanol–water partition coefficient (Wildman–Crippen LogP) is 4.48. The SMILES string of the molecule is CC(=O)NCCC1(C(=O)N/C(=C\c2ccc(N3C(=O)C(Cc4cccnc4)N(C(C)=O)C3CCc3ccccc3)cc2)C(=O)O)CCCC1. The minimum atomic E-state index is -1.28. The summed E-state index contributed by atoms with van der Waals surface area (Å²) < 4.78 is 0. The number of aryl methyl sites for hydroxylation is 1. The van der Waals surface area contributed by atoms with Crippen molar-refractivity contribution in [3.63, 3.8) is 0 Å². The molecule has 4 amide bonds. The summed E-state index contributed by atoms with van der Waals surface area (Å²) in [6, 6.07) is 19.7. The monoisotopic (exact) mass is 665 g/mol. The molecule has 11 nitrogen and oxygen atoms in total. The van der Waals surface area contributed by atoms with E-state index >= 15 is 0 Å². The molecule has 0 bridgehead atoms. The van der Waals surface area contributed by atoms with Crippen molar-refractivity contribution in [2.75, 3.05) is 11.4 Å². The maximum atomic E-state index is 14.1. The van der Waals surface area contributed by atoms with Crippen LogP contribution in [0.3, 0.4) is 0 Å². The standard InChI is InChI=1S/C38H43N5O6/c1-26(44)40-22-20-38(18-6-7-19-38)37(49)41-32(36(47)48)23-29-12-15-31(16-13-29)43-34(17-14-28-9-4-3-5-10-28)42(27(2)45)33(35(43)46)24-30-11-8-21-39-25-30/h3-5,8-13,15-16,21,23,25,33-34H,6-7,14,17-20,22,24H2,1-2H3,(H,40,44)(H,41,49)(H,47,48)/b32-23-. The average molecular weight is 666 g/mol. The number of carbonyl (C=O) groups is 5. The molecule has 3 N–H and O–H groups in total. The number of pyridine rings is 1. The Morgan fingerprint density at radius 1 is 0.959 bits per heavy atom. The van der Waals surface area contributed by atoms with Gasteiger partial charge >= 0.3 is 5.97 Å². The molecule has 256 valence electrons. The van der Waals surface area contributed by atoms with Crippen molar-refractivity contribution in [2.24, 2.45) is 5.41 Å². The molecule has 1 saturated carbocycles. The van der Waals surface area contributed by atoms with Gasteiger partial charge in [-0.15, -0.1) is 0 Å². The van der Waals surface area contributed by atoms with Crippen molar-refractivity contribution in [1.29, 1.82) is 0 Å². The van der Waals surface area contributed by atoms with Crippen LogP contribution >= 0.6 is 0 Å². The van der Waals surface area contributed by atoms with E-state index in [9.17, 15) is 29.1 Å². The zero-order valence-electron chi connectivity index (χ0n) is 27.9. The molecule has 2 aliphatic rings. The highest BCUT2D eigenvalue weighted by Crippen LogP contribution is 2.41. The van der Waals surface area contributed by atoms with Gasteiger partial charge in [-0.2, -0.15) is 0 Å². The van der Waals surface area contributed by atoms with Crippen LogP contribution < -0.4 is 15.5 Å². The van der Waals surface area contributed by atoms with Crippen molar-refractivity contribution in [3.8, 4) is 0 Å². The van der Waals surface area contributed by atoms with Crippen LogP contribution in [0, 0.1) is 5.41 Å². The zero-order chi connectivity index (χ0) is 35.0. The molecule has 2 aromatic carbocycles. The Balaban J connectivity index is 1.40. The van der Waals surface area contributed by atoms with Gasteiger partial charge < -0.3 is 20.6 Å². The highest BCUT2D eigenvalue weighted by Gasteiger charge is 2.47. The second kappa shape index (κ2) is 15.7. The molecule has 5 rings (SSSR count). The molecule has 3 aromatic rings. The van der Waals surface area contributed by atoms with Crippen LogP contribution in [0.25, 0.3) is 6.08 Å². The third-order valence-corrected chi connectivity index (χ3v) is 9.51. The third kappa shape index (κ3) is 8.40. The Hall–Kier alpha value is -5.32. The molecule has 2 heterocycles. The maximum absolute atomic E-state index is 14.1. The fourth-order valence-corrected chi connectivity index (χ4v) is 7.05. The summed E-state index contributed by atoms with van der Waals surface area (Å²) in [6.45, 7) is 3.23. The van der Waals surface area contributed by atoms with Gasteiger partial charge in [-0.3, -0.25) is 29.1 Å². The van der Waals surface area contributed by atoms with E-state index in [4.69, 9.17) is 0 Å². The van der Waals surface area contributed by atoms with E-state index in [1.807, 2.05) is 36.4 Å². The lowest BCUT2D eigenvalue weighted by Crippen LogP contribution is -2.44. The van der Waals surface area contributed by atoms with Crippen LogP contribution in [0.15, 0.2) is 84.8 Å². The number of rotatable bonds is 13. The van der Waals surface area contributed by atoms with Crippen LogP contribution in [0.4, 0.5) is 5.69 Å². The fourth-order valence-electron chi connectivity index (χ4n) is 7.05. The first-order chi connectivity index (χ1) is 23.6. The maximum Gasteiger partial charge on any atom is 0.352 e. The second-order valence-electron chi connectivity index (χ2n) is 12.8. The van der Waals surface area contributed by atoms with E-state index in [2.05, 4.69) is 15.6 Å². The molecule has 2 fully saturated rings. The van der Waals surface area contributed by atoms with Gasteiger partial charge in [0, 0.05) is 44.9 Å². The van der Waals surface area contributed by atoms with E-state index in [0.717, 1.165) is 24.0 Å². The molecule has 0 spiro atoms. The van der Waals surface area contributed by atoms with Crippen LogP contribution in [-0.4, -0.2) is 63.3 Å². The predicted molar refractivity (Wildman–Crippen MR) is 185 cm³/mol. The number of carboxylic acids is 1. The lowest BCUT2D eigenvalue weighted by Gasteiger charge is -2.31. The molecule has 1 saturated heterocycles. The number of hydrogen-bond donors (Lipinski definition) is 3. The van der Waals surface area contributed by atoms with Crippen molar-refractivity contribution in [1.82, 2.24) is 20.5 Å². The van der Waals surface area contributed by atoms with Crippen LogP contribution in [0.1, 0.15) is 69.1 Å². The highest BCUT2D eigenvalue weighted by atomic mass is 16.4. The second-order valence-corrected chi connectivity index (χ2v) is 12.8. The van der Waals surface area contributed by atoms with Crippen LogP contribution in [0.2, 0.25) is 0 Å². The molecule has 0 radical (unpaired) electrons. The fraction of sp³-hybridized carbons (Fsp3) is 0.368. The molecule has 11 heteroatoms. The van der Waals surface area contributed by atoms with Gasteiger partial charge in [0.15, 0.2) is 0 Å². The summed E-state index contributed by atoms with van der Waals surface area (Å²) in [4.78, 5) is 71.9. The number of carboxylic acid groups (broad SMARTS) is 1. The van der Waals surface area contributed by atoms with Crippen molar-refractivity contribution in [2.45, 2.75) is 77.4 Å². The molecular formula is C38H43N5O6. The first-order valence-electron chi connectivity index (χ1n) is 16.7. The summed E-state index contributed by atoms with van der Waals surface area (Å²) in [6.07, 6.45) is 9.07. The van der Waals surface area contributed by atoms with Gasteiger partial charge in [0.25, 0.3) is 5.91 Å². The van der Waals surface area contributed by atoms with Gasteiger partial charge in [0.05, 0.1) is 5.41 Å².